The molecular formula is C9H18N2OS. The fourth-order valence-corrected chi connectivity index (χ4v) is 1.61. The SMILES string of the molecule is CNC(=S)N(C)CC1CCCCO1. The Kier molecular flexibility index (Phi) is 4.45. The van der Waals surface area contributed by atoms with Crippen LogP contribution in [-0.4, -0.2) is 43.4 Å². The number of thiocarbonyl (C=S) groups is 1. The van der Waals surface area contributed by atoms with Crippen molar-refractivity contribution in [1.82, 2.24) is 10.2 Å². The second kappa shape index (κ2) is 5.40. The van der Waals surface area contributed by atoms with Gasteiger partial charge >= 0.3 is 0 Å². The Morgan fingerprint density at radius 3 is 2.92 bits per heavy atom. The van der Waals surface area contributed by atoms with Crippen LogP contribution in [0.2, 0.25) is 0 Å². The molecule has 1 aliphatic heterocycles. The van der Waals surface area contributed by atoms with Gasteiger partial charge in [0.25, 0.3) is 0 Å². The van der Waals surface area contributed by atoms with Gasteiger partial charge < -0.3 is 15.0 Å². The Balaban J connectivity index is 2.25. The summed E-state index contributed by atoms with van der Waals surface area (Å²) < 4.78 is 5.61. The predicted octanol–water partition coefficient (Wildman–Crippen LogP) is 0.992. The first-order valence-corrected chi connectivity index (χ1v) is 5.19. The van der Waals surface area contributed by atoms with Gasteiger partial charge in [0.05, 0.1) is 6.10 Å². The van der Waals surface area contributed by atoms with Gasteiger partial charge in [0.15, 0.2) is 5.11 Å². The molecule has 0 amide bonds. The normalized spacial score (nSPS) is 22.5. The van der Waals surface area contributed by atoms with Gasteiger partial charge in [0.1, 0.15) is 0 Å². The molecule has 4 heteroatoms. The van der Waals surface area contributed by atoms with E-state index in [0.29, 0.717) is 6.10 Å². The van der Waals surface area contributed by atoms with Crippen molar-refractivity contribution in [2.75, 3.05) is 27.2 Å². The topological polar surface area (TPSA) is 24.5 Å². The summed E-state index contributed by atoms with van der Waals surface area (Å²) in [4.78, 5) is 2.03. The number of hydrogen-bond donors (Lipinski definition) is 1. The summed E-state index contributed by atoms with van der Waals surface area (Å²) in [5, 5.41) is 3.74. The maximum Gasteiger partial charge on any atom is 0.168 e. The molecule has 0 aromatic carbocycles. The van der Waals surface area contributed by atoms with Gasteiger partial charge in [-0.2, -0.15) is 0 Å². The largest absolute Gasteiger partial charge is 0.376 e. The first-order valence-electron chi connectivity index (χ1n) is 4.78. The quantitative estimate of drug-likeness (QED) is 0.675. The summed E-state index contributed by atoms with van der Waals surface area (Å²) >= 11 is 5.11. The van der Waals surface area contributed by atoms with E-state index < -0.39 is 0 Å². The average molecular weight is 202 g/mol. The summed E-state index contributed by atoms with van der Waals surface area (Å²) in [7, 11) is 3.84. The molecule has 1 saturated heterocycles. The van der Waals surface area contributed by atoms with Gasteiger partial charge in [-0.3, -0.25) is 0 Å². The number of rotatable bonds is 2. The minimum absolute atomic E-state index is 0.366. The molecule has 3 nitrogen and oxygen atoms in total. The monoisotopic (exact) mass is 202 g/mol. The third kappa shape index (κ3) is 3.48. The van der Waals surface area contributed by atoms with Crippen molar-refractivity contribution >= 4 is 17.3 Å². The zero-order valence-electron chi connectivity index (χ0n) is 8.38. The van der Waals surface area contributed by atoms with Crippen molar-refractivity contribution in [2.24, 2.45) is 0 Å². The van der Waals surface area contributed by atoms with Gasteiger partial charge in [-0.1, -0.05) is 0 Å². The second-order valence-corrected chi connectivity index (χ2v) is 3.81. The molecule has 76 valence electrons. The Hall–Kier alpha value is -0.350. The summed E-state index contributed by atoms with van der Waals surface area (Å²) in [5.74, 6) is 0. The maximum absolute atomic E-state index is 5.61. The molecule has 1 fully saturated rings. The lowest BCUT2D eigenvalue weighted by Gasteiger charge is -2.28. The van der Waals surface area contributed by atoms with Crippen molar-refractivity contribution in [3.8, 4) is 0 Å². The van der Waals surface area contributed by atoms with Gasteiger partial charge in [-0.25, -0.2) is 0 Å². The zero-order valence-corrected chi connectivity index (χ0v) is 9.19. The average Bonchev–Trinajstić information content (AvgIpc) is 2.18. The number of nitrogens with one attached hydrogen (secondary N) is 1. The lowest BCUT2D eigenvalue weighted by molar-refractivity contribution is 0.00713. The minimum atomic E-state index is 0.366. The van der Waals surface area contributed by atoms with E-state index in [9.17, 15) is 0 Å². The third-order valence-electron chi connectivity index (χ3n) is 2.31. The van der Waals surface area contributed by atoms with Crippen LogP contribution in [0, 0.1) is 0 Å². The Labute approximate surface area is 85.4 Å². The number of likely N-dealkylation sites (N-methyl/N-ethyl adjacent to an activating group) is 1. The number of ether oxygens (including phenoxy) is 1. The molecule has 1 N–H and O–H groups in total. The highest BCUT2D eigenvalue weighted by Gasteiger charge is 2.16. The smallest absolute Gasteiger partial charge is 0.168 e. The van der Waals surface area contributed by atoms with Gasteiger partial charge in [0, 0.05) is 27.2 Å². The minimum Gasteiger partial charge on any atom is -0.376 e. The van der Waals surface area contributed by atoms with E-state index >= 15 is 0 Å². The maximum atomic E-state index is 5.61. The molecule has 1 aliphatic rings. The molecule has 0 aliphatic carbocycles. The summed E-state index contributed by atoms with van der Waals surface area (Å²) in [6.07, 6.45) is 4.02. The van der Waals surface area contributed by atoms with Crippen LogP contribution in [0.1, 0.15) is 19.3 Å². The van der Waals surface area contributed by atoms with E-state index in [1.807, 2.05) is 19.0 Å². The lowest BCUT2D eigenvalue weighted by atomic mass is 10.1. The van der Waals surface area contributed by atoms with Crippen molar-refractivity contribution in [3.63, 3.8) is 0 Å². The van der Waals surface area contributed by atoms with E-state index in [4.69, 9.17) is 17.0 Å². The fourth-order valence-electron chi connectivity index (χ4n) is 1.53. The van der Waals surface area contributed by atoms with Crippen molar-refractivity contribution in [2.45, 2.75) is 25.4 Å². The Morgan fingerprint density at radius 1 is 1.62 bits per heavy atom. The second-order valence-electron chi connectivity index (χ2n) is 3.42. The van der Waals surface area contributed by atoms with Crippen LogP contribution in [0.5, 0.6) is 0 Å². The summed E-state index contributed by atoms with van der Waals surface area (Å²) in [5.41, 5.74) is 0. The zero-order chi connectivity index (χ0) is 9.68. The van der Waals surface area contributed by atoms with E-state index in [-0.39, 0.29) is 0 Å². The van der Waals surface area contributed by atoms with Crippen molar-refractivity contribution < 1.29 is 4.74 Å². The molecule has 0 radical (unpaired) electrons. The van der Waals surface area contributed by atoms with Crippen molar-refractivity contribution in [3.05, 3.63) is 0 Å². The summed E-state index contributed by atoms with van der Waals surface area (Å²) in [6.45, 7) is 1.81. The van der Waals surface area contributed by atoms with Crippen LogP contribution in [0.25, 0.3) is 0 Å². The molecule has 0 bridgehead atoms. The molecule has 1 rings (SSSR count). The van der Waals surface area contributed by atoms with Crippen LogP contribution in [0.15, 0.2) is 0 Å². The number of nitrogens with zero attached hydrogens (tertiary/aromatic N) is 1. The van der Waals surface area contributed by atoms with Crippen LogP contribution in [0.4, 0.5) is 0 Å². The van der Waals surface area contributed by atoms with E-state index in [1.54, 1.807) is 0 Å². The van der Waals surface area contributed by atoms with E-state index in [0.717, 1.165) is 24.7 Å². The van der Waals surface area contributed by atoms with Crippen LogP contribution in [0.3, 0.4) is 0 Å². The number of hydrogen-bond acceptors (Lipinski definition) is 2. The highest BCUT2D eigenvalue weighted by Crippen LogP contribution is 2.13. The predicted molar refractivity (Wildman–Crippen MR) is 57.9 cm³/mol. The first kappa shape index (κ1) is 10.7. The van der Waals surface area contributed by atoms with Gasteiger partial charge in [-0.15, -0.1) is 0 Å². The van der Waals surface area contributed by atoms with Crippen LogP contribution < -0.4 is 5.32 Å². The standard InChI is InChI=1S/C9H18N2OS/c1-10-9(13)11(2)7-8-5-3-4-6-12-8/h8H,3-7H2,1-2H3,(H,10,13). The third-order valence-corrected chi connectivity index (χ3v) is 2.83. The molecule has 0 aromatic heterocycles. The highest BCUT2D eigenvalue weighted by molar-refractivity contribution is 7.80. The van der Waals surface area contributed by atoms with Gasteiger partial charge in [-0.05, 0) is 31.5 Å². The van der Waals surface area contributed by atoms with Crippen molar-refractivity contribution in [1.29, 1.82) is 0 Å². The molecule has 1 heterocycles. The van der Waals surface area contributed by atoms with Crippen LogP contribution in [-0.2, 0) is 4.74 Å². The fraction of sp³-hybridized carbons (Fsp3) is 0.889. The molecule has 0 saturated carbocycles. The van der Waals surface area contributed by atoms with Crippen LogP contribution >= 0.6 is 12.2 Å². The summed E-state index contributed by atoms with van der Waals surface area (Å²) in [6, 6.07) is 0. The highest BCUT2D eigenvalue weighted by atomic mass is 32.1. The Bertz CT molecular complexity index is 169. The Morgan fingerprint density at radius 2 is 2.38 bits per heavy atom. The molecule has 0 aromatic rings. The first-order chi connectivity index (χ1) is 6.24. The van der Waals surface area contributed by atoms with E-state index in [2.05, 4.69) is 5.32 Å². The molecule has 1 atom stereocenters. The van der Waals surface area contributed by atoms with Gasteiger partial charge in [0.2, 0.25) is 0 Å². The molecule has 13 heavy (non-hydrogen) atoms. The molecular weight excluding hydrogens is 184 g/mol. The lowest BCUT2D eigenvalue weighted by Crippen LogP contribution is -2.41. The molecule has 0 spiro atoms. The van der Waals surface area contributed by atoms with E-state index in [1.165, 1.54) is 12.8 Å². The molecule has 1 unspecified atom stereocenters.